The number of halogens is 1. The van der Waals surface area contributed by atoms with Crippen LogP contribution >= 0.6 is 11.8 Å². The molecular formula is C18H36ClNO2. The summed E-state index contributed by atoms with van der Waals surface area (Å²) in [4.78, 5) is 0. The number of rotatable bonds is 12. The predicted molar refractivity (Wildman–Crippen MR) is 94.1 cm³/mol. The number of nitrogens with zero attached hydrogens (tertiary/aromatic N) is 1. The maximum atomic E-state index is 10.1. The lowest BCUT2D eigenvalue weighted by atomic mass is 9.95. The van der Waals surface area contributed by atoms with E-state index < -0.39 is 6.10 Å². The second kappa shape index (κ2) is 12.6. The normalized spacial score (nSPS) is 22.6. The minimum atomic E-state index is -0.427. The Labute approximate surface area is 142 Å². The average Bonchev–Trinajstić information content (AvgIpc) is 2.48. The molecule has 0 aromatic heterocycles. The number of hydrogen-bond donors (Lipinski definition) is 2. The van der Waals surface area contributed by atoms with Gasteiger partial charge in [0.25, 0.3) is 0 Å². The Hall–Kier alpha value is 0.170. The molecule has 0 radical (unpaired) electrons. The number of piperidine rings is 1. The molecule has 0 saturated carbocycles. The molecule has 0 aliphatic carbocycles. The van der Waals surface area contributed by atoms with Crippen LogP contribution in [0.1, 0.15) is 90.4 Å². The summed E-state index contributed by atoms with van der Waals surface area (Å²) in [6.07, 6.45) is 13.5. The van der Waals surface area contributed by atoms with Gasteiger partial charge < -0.3 is 10.2 Å². The van der Waals surface area contributed by atoms with Gasteiger partial charge in [-0.2, -0.15) is 0 Å². The third-order valence-electron chi connectivity index (χ3n) is 4.78. The van der Waals surface area contributed by atoms with Crippen molar-refractivity contribution in [3.05, 3.63) is 0 Å². The number of aliphatic hydroxyl groups is 2. The molecule has 1 heterocycles. The first-order valence-electron chi connectivity index (χ1n) is 9.42. The Bertz CT molecular complexity index is 265. The maximum absolute atomic E-state index is 10.1. The largest absolute Gasteiger partial charge is 0.393 e. The predicted octanol–water partition coefficient (Wildman–Crippen LogP) is 4.64. The van der Waals surface area contributed by atoms with Gasteiger partial charge >= 0.3 is 0 Å². The van der Waals surface area contributed by atoms with Crippen LogP contribution in [0.2, 0.25) is 0 Å². The van der Waals surface area contributed by atoms with Gasteiger partial charge in [-0.15, -0.1) is 0 Å². The van der Waals surface area contributed by atoms with Gasteiger partial charge in [0.2, 0.25) is 0 Å². The molecule has 1 aliphatic heterocycles. The minimum absolute atomic E-state index is 0.274. The Morgan fingerprint density at radius 1 is 1.00 bits per heavy atom. The van der Waals surface area contributed by atoms with Crippen molar-refractivity contribution in [2.75, 3.05) is 6.54 Å². The summed E-state index contributed by atoms with van der Waals surface area (Å²) in [5.74, 6) is 0. The van der Waals surface area contributed by atoms with Gasteiger partial charge in [-0.25, -0.2) is 4.42 Å². The van der Waals surface area contributed by atoms with Crippen LogP contribution in [0.25, 0.3) is 0 Å². The molecule has 0 bridgehead atoms. The molecule has 3 atom stereocenters. The molecule has 0 aromatic carbocycles. The smallest absolute Gasteiger partial charge is 0.0580 e. The molecule has 1 saturated heterocycles. The van der Waals surface area contributed by atoms with Crippen molar-refractivity contribution in [2.45, 2.75) is 109 Å². The SMILES string of the molecule is CCCCCCCCC[C@@H](O)C[C@@H](O)C[C@@H]1CCCCN1Cl. The molecule has 22 heavy (non-hydrogen) atoms. The summed E-state index contributed by atoms with van der Waals surface area (Å²) < 4.78 is 1.84. The zero-order chi connectivity index (χ0) is 16.2. The lowest BCUT2D eigenvalue weighted by Gasteiger charge is -2.31. The van der Waals surface area contributed by atoms with E-state index in [4.69, 9.17) is 11.8 Å². The Morgan fingerprint density at radius 2 is 1.68 bits per heavy atom. The Balaban J connectivity index is 2.02. The van der Waals surface area contributed by atoms with E-state index in [1.807, 2.05) is 4.42 Å². The van der Waals surface area contributed by atoms with E-state index in [1.54, 1.807) is 0 Å². The van der Waals surface area contributed by atoms with Crippen LogP contribution in [0, 0.1) is 0 Å². The van der Waals surface area contributed by atoms with Crippen LogP contribution in [0.5, 0.6) is 0 Å². The van der Waals surface area contributed by atoms with Crippen LogP contribution in [-0.4, -0.2) is 39.4 Å². The van der Waals surface area contributed by atoms with Crippen molar-refractivity contribution < 1.29 is 10.2 Å². The molecular weight excluding hydrogens is 298 g/mol. The quantitative estimate of drug-likeness (QED) is 0.404. The molecule has 1 aliphatic rings. The zero-order valence-corrected chi connectivity index (χ0v) is 15.1. The van der Waals surface area contributed by atoms with Gasteiger partial charge in [-0.05, 0) is 43.9 Å². The molecule has 0 aromatic rings. The minimum Gasteiger partial charge on any atom is -0.393 e. The van der Waals surface area contributed by atoms with Crippen molar-refractivity contribution in [1.82, 2.24) is 4.42 Å². The molecule has 0 unspecified atom stereocenters. The number of unbranched alkanes of at least 4 members (excludes halogenated alkanes) is 6. The van der Waals surface area contributed by atoms with Crippen molar-refractivity contribution in [2.24, 2.45) is 0 Å². The highest BCUT2D eigenvalue weighted by Crippen LogP contribution is 2.24. The third-order valence-corrected chi connectivity index (χ3v) is 5.23. The summed E-state index contributed by atoms with van der Waals surface area (Å²) in [5.41, 5.74) is 0. The second-order valence-corrected chi connectivity index (χ2v) is 7.40. The topological polar surface area (TPSA) is 43.7 Å². The first-order valence-corrected chi connectivity index (χ1v) is 9.75. The van der Waals surface area contributed by atoms with Crippen molar-refractivity contribution in [3.63, 3.8) is 0 Å². The number of aliphatic hydroxyl groups excluding tert-OH is 2. The molecule has 4 heteroatoms. The van der Waals surface area contributed by atoms with E-state index in [0.717, 1.165) is 32.2 Å². The lowest BCUT2D eigenvalue weighted by molar-refractivity contribution is 0.0533. The molecule has 132 valence electrons. The highest BCUT2D eigenvalue weighted by atomic mass is 35.5. The Kier molecular flexibility index (Phi) is 11.6. The van der Waals surface area contributed by atoms with Crippen LogP contribution in [0.15, 0.2) is 0 Å². The molecule has 3 nitrogen and oxygen atoms in total. The fourth-order valence-corrected chi connectivity index (χ4v) is 3.67. The standard InChI is InChI=1S/C18H36ClNO2/c1-2-3-4-5-6-7-8-12-17(21)15-18(22)14-16-11-9-10-13-20(16)19/h16-18,21-22H,2-15H2,1H3/t16-,17+,18-/m0/s1. The summed E-state index contributed by atoms with van der Waals surface area (Å²) in [5, 5.41) is 20.2. The zero-order valence-electron chi connectivity index (χ0n) is 14.4. The van der Waals surface area contributed by atoms with Crippen molar-refractivity contribution in [3.8, 4) is 0 Å². The molecule has 1 fully saturated rings. The van der Waals surface area contributed by atoms with Crippen LogP contribution in [-0.2, 0) is 0 Å². The molecule has 1 rings (SSSR count). The first-order chi connectivity index (χ1) is 10.6. The van der Waals surface area contributed by atoms with Crippen molar-refractivity contribution >= 4 is 11.8 Å². The monoisotopic (exact) mass is 333 g/mol. The first kappa shape index (κ1) is 20.2. The van der Waals surface area contributed by atoms with Gasteiger partial charge in [-0.3, -0.25) is 0 Å². The highest BCUT2D eigenvalue weighted by molar-refractivity contribution is 6.13. The van der Waals surface area contributed by atoms with Gasteiger partial charge in [0.05, 0.1) is 12.2 Å². The van der Waals surface area contributed by atoms with Crippen LogP contribution < -0.4 is 0 Å². The van der Waals surface area contributed by atoms with Gasteiger partial charge in [0, 0.05) is 12.6 Å². The highest BCUT2D eigenvalue weighted by Gasteiger charge is 2.24. The molecule has 0 amide bonds. The maximum Gasteiger partial charge on any atom is 0.0580 e. The summed E-state index contributed by atoms with van der Waals surface area (Å²) in [7, 11) is 0. The fraction of sp³-hybridized carbons (Fsp3) is 1.00. The number of hydrogen-bond acceptors (Lipinski definition) is 3. The van der Waals surface area contributed by atoms with E-state index >= 15 is 0 Å². The average molecular weight is 334 g/mol. The molecule has 2 N–H and O–H groups in total. The summed E-state index contributed by atoms with van der Waals surface area (Å²) in [6.45, 7) is 3.15. The van der Waals surface area contributed by atoms with Gasteiger partial charge in [0.1, 0.15) is 0 Å². The van der Waals surface area contributed by atoms with E-state index in [-0.39, 0.29) is 12.1 Å². The Morgan fingerprint density at radius 3 is 2.36 bits per heavy atom. The van der Waals surface area contributed by atoms with E-state index in [0.29, 0.717) is 12.8 Å². The fourth-order valence-electron chi connectivity index (χ4n) is 3.38. The summed E-state index contributed by atoms with van der Waals surface area (Å²) >= 11 is 6.18. The second-order valence-electron chi connectivity index (χ2n) is 6.96. The molecule has 0 spiro atoms. The van der Waals surface area contributed by atoms with Gasteiger partial charge in [0.15, 0.2) is 0 Å². The van der Waals surface area contributed by atoms with Crippen molar-refractivity contribution in [1.29, 1.82) is 0 Å². The lowest BCUT2D eigenvalue weighted by Crippen LogP contribution is -2.36. The third kappa shape index (κ3) is 9.34. The van der Waals surface area contributed by atoms with Crippen LogP contribution in [0.3, 0.4) is 0 Å². The van der Waals surface area contributed by atoms with E-state index in [9.17, 15) is 10.2 Å². The summed E-state index contributed by atoms with van der Waals surface area (Å²) in [6, 6.07) is 0.274. The van der Waals surface area contributed by atoms with Gasteiger partial charge in [-0.1, -0.05) is 58.3 Å². The van der Waals surface area contributed by atoms with E-state index in [1.165, 1.54) is 44.9 Å². The van der Waals surface area contributed by atoms with E-state index in [2.05, 4.69) is 6.92 Å². The van der Waals surface area contributed by atoms with Crippen LogP contribution in [0.4, 0.5) is 0 Å².